The zero-order valence-electron chi connectivity index (χ0n) is 11.3. The van der Waals surface area contributed by atoms with Crippen molar-refractivity contribution in [3.63, 3.8) is 0 Å². The van der Waals surface area contributed by atoms with Gasteiger partial charge in [-0.1, -0.05) is 30.3 Å². The van der Waals surface area contributed by atoms with Crippen LogP contribution in [0, 0.1) is 0 Å². The third kappa shape index (κ3) is 3.50. The number of aliphatic hydroxyl groups is 1. The summed E-state index contributed by atoms with van der Waals surface area (Å²) in [6, 6.07) is 9.00. The third-order valence-corrected chi connectivity index (χ3v) is 3.40. The Kier molecular flexibility index (Phi) is 4.77. The second-order valence-corrected chi connectivity index (χ2v) is 4.80. The molecular weight excluding hydrogens is 278 g/mol. The Morgan fingerprint density at radius 3 is 2.71 bits per heavy atom. The predicted molar refractivity (Wildman–Crippen MR) is 71.6 cm³/mol. The van der Waals surface area contributed by atoms with Crippen molar-refractivity contribution >= 4 is 12.1 Å². The molecule has 21 heavy (non-hydrogen) atoms. The molecule has 2 atom stereocenters. The zero-order valence-corrected chi connectivity index (χ0v) is 11.3. The number of carbonyl (C=O) groups excluding carboxylic acids is 1. The number of amides is 1. The second kappa shape index (κ2) is 6.55. The van der Waals surface area contributed by atoms with Crippen molar-refractivity contribution in [2.24, 2.45) is 0 Å². The Morgan fingerprint density at radius 1 is 1.38 bits per heavy atom. The number of hydrogen-bond donors (Lipinski definition) is 3. The van der Waals surface area contributed by atoms with Gasteiger partial charge >= 0.3 is 12.1 Å². The molecule has 1 heterocycles. The lowest BCUT2D eigenvalue weighted by Crippen LogP contribution is -2.65. The largest absolute Gasteiger partial charge is 0.479 e. The highest BCUT2D eigenvalue weighted by Gasteiger charge is 2.49. The molecule has 1 fully saturated rings. The summed E-state index contributed by atoms with van der Waals surface area (Å²) in [4.78, 5) is 23.2. The predicted octanol–water partition coefficient (Wildman–Crippen LogP) is 0.517. The van der Waals surface area contributed by atoms with Crippen molar-refractivity contribution in [3.8, 4) is 0 Å². The minimum absolute atomic E-state index is 0.0228. The summed E-state index contributed by atoms with van der Waals surface area (Å²) in [5.74, 6) is -1.31. The maximum atomic E-state index is 11.8. The first kappa shape index (κ1) is 15.3. The van der Waals surface area contributed by atoms with Gasteiger partial charge in [0.1, 0.15) is 12.7 Å². The smallest absolute Gasteiger partial charge is 0.408 e. The van der Waals surface area contributed by atoms with Crippen molar-refractivity contribution in [1.29, 1.82) is 0 Å². The van der Waals surface area contributed by atoms with Crippen LogP contribution < -0.4 is 5.32 Å². The standard InChI is InChI=1S/C14H17NO6/c16-11-9-20-7-6-14(11,12(17)18)15-13(19)21-8-10-4-2-1-3-5-10/h1-5,11,16H,6-9H2,(H,15,19)(H,17,18)/t11-,14-/m1/s1. The average molecular weight is 295 g/mol. The number of carbonyl (C=O) groups is 2. The molecule has 0 unspecified atom stereocenters. The van der Waals surface area contributed by atoms with Crippen LogP contribution in [-0.4, -0.2) is 47.1 Å². The molecule has 0 aliphatic carbocycles. The lowest BCUT2D eigenvalue weighted by Gasteiger charge is -2.37. The molecule has 7 nitrogen and oxygen atoms in total. The van der Waals surface area contributed by atoms with E-state index < -0.39 is 23.7 Å². The van der Waals surface area contributed by atoms with E-state index in [9.17, 15) is 19.8 Å². The highest BCUT2D eigenvalue weighted by Crippen LogP contribution is 2.22. The zero-order chi connectivity index (χ0) is 15.3. The number of ether oxygens (including phenoxy) is 2. The summed E-state index contributed by atoms with van der Waals surface area (Å²) < 4.78 is 9.98. The van der Waals surface area contributed by atoms with E-state index in [0.717, 1.165) is 5.56 Å². The van der Waals surface area contributed by atoms with E-state index in [1.165, 1.54) is 0 Å². The van der Waals surface area contributed by atoms with Gasteiger partial charge < -0.3 is 25.0 Å². The molecule has 0 bridgehead atoms. The van der Waals surface area contributed by atoms with E-state index in [1.807, 2.05) is 6.07 Å². The summed E-state index contributed by atoms with van der Waals surface area (Å²) in [5.41, 5.74) is -0.990. The summed E-state index contributed by atoms with van der Waals surface area (Å²) in [7, 11) is 0. The number of aliphatic carboxylic acids is 1. The van der Waals surface area contributed by atoms with Crippen LogP contribution in [0.15, 0.2) is 30.3 Å². The van der Waals surface area contributed by atoms with Gasteiger partial charge in [0.2, 0.25) is 0 Å². The van der Waals surface area contributed by atoms with Crippen LogP contribution in [0.1, 0.15) is 12.0 Å². The second-order valence-electron chi connectivity index (χ2n) is 4.80. The van der Waals surface area contributed by atoms with E-state index in [-0.39, 0.29) is 26.2 Å². The van der Waals surface area contributed by atoms with E-state index in [4.69, 9.17) is 9.47 Å². The number of nitrogens with one attached hydrogen (secondary N) is 1. The van der Waals surface area contributed by atoms with Crippen LogP contribution in [0.2, 0.25) is 0 Å². The van der Waals surface area contributed by atoms with Gasteiger partial charge in [-0.3, -0.25) is 0 Å². The van der Waals surface area contributed by atoms with Gasteiger partial charge in [-0.25, -0.2) is 9.59 Å². The number of carboxylic acid groups (broad SMARTS) is 1. The van der Waals surface area contributed by atoms with Gasteiger partial charge in [0.15, 0.2) is 5.54 Å². The van der Waals surface area contributed by atoms with Crippen molar-refractivity contribution in [1.82, 2.24) is 5.32 Å². The molecule has 1 amide bonds. The number of benzene rings is 1. The lowest BCUT2D eigenvalue weighted by atomic mass is 9.87. The Labute approximate surface area is 121 Å². The number of rotatable bonds is 4. The molecule has 1 aromatic rings. The fraction of sp³-hybridized carbons (Fsp3) is 0.429. The fourth-order valence-electron chi connectivity index (χ4n) is 2.13. The summed E-state index contributed by atoms with van der Waals surface area (Å²) >= 11 is 0. The van der Waals surface area contributed by atoms with Crippen LogP contribution >= 0.6 is 0 Å². The van der Waals surface area contributed by atoms with Gasteiger partial charge in [0, 0.05) is 13.0 Å². The van der Waals surface area contributed by atoms with E-state index in [2.05, 4.69) is 5.32 Å². The average Bonchev–Trinajstić information content (AvgIpc) is 2.48. The van der Waals surface area contributed by atoms with Crippen molar-refractivity contribution < 1.29 is 29.3 Å². The summed E-state index contributed by atoms with van der Waals surface area (Å²) in [5, 5.41) is 21.4. The topological polar surface area (TPSA) is 105 Å². The third-order valence-electron chi connectivity index (χ3n) is 3.40. The quantitative estimate of drug-likeness (QED) is 0.748. The molecule has 2 rings (SSSR count). The number of alkyl carbamates (subject to hydrolysis) is 1. The van der Waals surface area contributed by atoms with Crippen LogP contribution in [0.25, 0.3) is 0 Å². The Bertz CT molecular complexity index is 505. The minimum atomic E-state index is -1.77. The first-order valence-corrected chi connectivity index (χ1v) is 6.52. The Morgan fingerprint density at radius 2 is 2.10 bits per heavy atom. The molecule has 1 aliphatic heterocycles. The number of aliphatic hydroxyl groups excluding tert-OH is 1. The highest BCUT2D eigenvalue weighted by atomic mass is 16.5. The Balaban J connectivity index is 1.97. The number of carboxylic acids is 1. The number of hydrogen-bond acceptors (Lipinski definition) is 5. The molecule has 0 radical (unpaired) electrons. The molecule has 0 spiro atoms. The molecule has 3 N–H and O–H groups in total. The van der Waals surface area contributed by atoms with Gasteiger partial charge in [-0.05, 0) is 5.56 Å². The summed E-state index contributed by atoms with van der Waals surface area (Å²) in [6.07, 6.45) is -2.24. The van der Waals surface area contributed by atoms with Crippen LogP contribution in [0.5, 0.6) is 0 Å². The van der Waals surface area contributed by atoms with E-state index in [1.54, 1.807) is 24.3 Å². The normalized spacial score (nSPS) is 25.1. The molecule has 1 saturated heterocycles. The molecule has 114 valence electrons. The lowest BCUT2D eigenvalue weighted by molar-refractivity contribution is -0.159. The monoisotopic (exact) mass is 295 g/mol. The highest BCUT2D eigenvalue weighted by molar-refractivity contribution is 5.85. The van der Waals surface area contributed by atoms with Crippen LogP contribution in [0.4, 0.5) is 4.79 Å². The van der Waals surface area contributed by atoms with Gasteiger partial charge in [-0.15, -0.1) is 0 Å². The van der Waals surface area contributed by atoms with Gasteiger partial charge in [0.05, 0.1) is 6.61 Å². The molecular formula is C14H17NO6. The van der Waals surface area contributed by atoms with Gasteiger partial charge in [-0.2, -0.15) is 0 Å². The maximum Gasteiger partial charge on any atom is 0.408 e. The van der Waals surface area contributed by atoms with E-state index in [0.29, 0.717) is 0 Å². The van der Waals surface area contributed by atoms with Crippen molar-refractivity contribution in [3.05, 3.63) is 35.9 Å². The molecule has 1 aromatic carbocycles. The van der Waals surface area contributed by atoms with E-state index >= 15 is 0 Å². The first-order valence-electron chi connectivity index (χ1n) is 6.52. The SMILES string of the molecule is O=C(N[C@]1(C(=O)O)CCOC[C@H]1O)OCc1ccccc1. The molecule has 0 aromatic heterocycles. The van der Waals surface area contributed by atoms with Crippen LogP contribution in [-0.2, 0) is 20.9 Å². The first-order chi connectivity index (χ1) is 10.0. The minimum Gasteiger partial charge on any atom is -0.479 e. The molecule has 7 heteroatoms. The van der Waals surface area contributed by atoms with Crippen molar-refractivity contribution in [2.45, 2.75) is 24.7 Å². The van der Waals surface area contributed by atoms with Gasteiger partial charge in [0.25, 0.3) is 0 Å². The molecule has 0 saturated carbocycles. The van der Waals surface area contributed by atoms with Crippen LogP contribution in [0.3, 0.4) is 0 Å². The Hall–Kier alpha value is -2.12. The summed E-state index contributed by atoms with van der Waals surface area (Å²) in [6.45, 7) is 0.0164. The maximum absolute atomic E-state index is 11.8. The molecule has 1 aliphatic rings. The van der Waals surface area contributed by atoms with Crippen molar-refractivity contribution in [2.75, 3.05) is 13.2 Å². The fourth-order valence-corrected chi connectivity index (χ4v) is 2.13.